The maximum Gasteiger partial charge on any atom is 0.330 e. The maximum absolute atomic E-state index is 13.8. The van der Waals surface area contributed by atoms with E-state index in [1.54, 1.807) is 24.9 Å². The average Bonchev–Trinajstić information content (AvgIpc) is 3.54. The molecule has 6 rings (SSSR count). The molecular weight excluding hydrogens is 579 g/mol. The van der Waals surface area contributed by atoms with Crippen molar-refractivity contribution in [1.82, 2.24) is 14.5 Å². The largest absolute Gasteiger partial charge is 0.414 e. The fourth-order valence-corrected chi connectivity index (χ4v) is 8.29. The summed E-state index contributed by atoms with van der Waals surface area (Å²) in [4.78, 5) is 43.3. The second kappa shape index (κ2) is 11.1. The van der Waals surface area contributed by atoms with Crippen molar-refractivity contribution < 1.29 is 14.0 Å². The molecule has 2 aliphatic rings. The van der Waals surface area contributed by atoms with Crippen LogP contribution in [-0.4, -0.2) is 53.2 Å². The topological polar surface area (TPSA) is 93.6 Å². The average molecular weight is 618 g/mol. The molecule has 8 nitrogen and oxygen atoms in total. The zero-order chi connectivity index (χ0) is 30.7. The maximum atomic E-state index is 13.8. The molecule has 0 spiro atoms. The number of carbonyl (C=O) groups is 1. The molecule has 4 aromatic rings. The van der Waals surface area contributed by atoms with Crippen LogP contribution in [0, 0.1) is 6.92 Å². The molecular formula is C33H39N3O5SSi. The van der Waals surface area contributed by atoms with Gasteiger partial charge in [0.05, 0.1) is 18.4 Å². The highest BCUT2D eigenvalue weighted by molar-refractivity contribution is 8.00. The van der Waals surface area contributed by atoms with Gasteiger partial charge in [0.2, 0.25) is 5.91 Å². The number of aromatic amines is 1. The van der Waals surface area contributed by atoms with Crippen molar-refractivity contribution in [3.05, 3.63) is 92.8 Å². The van der Waals surface area contributed by atoms with Crippen LogP contribution in [0.5, 0.6) is 0 Å². The van der Waals surface area contributed by atoms with Crippen molar-refractivity contribution in [1.29, 1.82) is 0 Å². The molecule has 2 saturated heterocycles. The number of nitrogens with one attached hydrogen (secondary N) is 1. The monoisotopic (exact) mass is 617 g/mol. The van der Waals surface area contributed by atoms with Crippen molar-refractivity contribution in [2.24, 2.45) is 0 Å². The van der Waals surface area contributed by atoms with Crippen molar-refractivity contribution in [3.63, 3.8) is 0 Å². The number of benzene rings is 3. The number of carbonyl (C=O) groups excluding carboxylic acids is 1. The lowest BCUT2D eigenvalue weighted by molar-refractivity contribution is -0.132. The van der Waals surface area contributed by atoms with Crippen LogP contribution in [0.3, 0.4) is 0 Å². The molecule has 2 aliphatic heterocycles. The van der Waals surface area contributed by atoms with Crippen LogP contribution in [0.1, 0.15) is 49.9 Å². The minimum absolute atomic E-state index is 0.00279. The van der Waals surface area contributed by atoms with Gasteiger partial charge in [0.1, 0.15) is 17.7 Å². The lowest BCUT2D eigenvalue weighted by Crippen LogP contribution is -2.48. The molecule has 0 saturated carbocycles. The second-order valence-electron chi connectivity index (χ2n) is 13.2. The first-order valence-electron chi connectivity index (χ1n) is 14.8. The van der Waals surface area contributed by atoms with Crippen LogP contribution < -0.4 is 11.2 Å². The fourth-order valence-electron chi connectivity index (χ4n) is 5.97. The Morgan fingerprint density at radius 1 is 1.02 bits per heavy atom. The van der Waals surface area contributed by atoms with Gasteiger partial charge in [-0.1, -0.05) is 69.3 Å². The van der Waals surface area contributed by atoms with Crippen LogP contribution in [-0.2, 0) is 14.0 Å². The van der Waals surface area contributed by atoms with Gasteiger partial charge >= 0.3 is 5.69 Å². The van der Waals surface area contributed by atoms with Crippen LogP contribution in [0.4, 0.5) is 0 Å². The predicted molar refractivity (Wildman–Crippen MR) is 175 cm³/mol. The Labute approximate surface area is 256 Å². The minimum Gasteiger partial charge on any atom is -0.414 e. The highest BCUT2D eigenvalue weighted by Crippen LogP contribution is 2.49. The number of rotatable bonds is 6. The number of nitrogens with zero attached hydrogens (tertiary/aromatic N) is 2. The first kappa shape index (κ1) is 29.9. The van der Waals surface area contributed by atoms with E-state index in [1.165, 1.54) is 4.57 Å². The summed E-state index contributed by atoms with van der Waals surface area (Å²) >= 11 is 1.64. The molecule has 0 radical (unpaired) electrons. The Morgan fingerprint density at radius 2 is 1.65 bits per heavy atom. The van der Waals surface area contributed by atoms with Crippen LogP contribution >= 0.6 is 11.8 Å². The number of aromatic nitrogens is 2. The van der Waals surface area contributed by atoms with E-state index in [2.05, 4.69) is 69.2 Å². The third-order valence-corrected chi connectivity index (χ3v) is 15.1. The van der Waals surface area contributed by atoms with E-state index in [0.717, 1.165) is 27.1 Å². The predicted octanol–water partition coefficient (Wildman–Crippen LogP) is 6.10. The molecule has 1 amide bonds. The van der Waals surface area contributed by atoms with E-state index in [4.69, 9.17) is 9.16 Å². The third kappa shape index (κ3) is 5.39. The number of fused-ring (bicyclic) bond motifs is 2. The van der Waals surface area contributed by atoms with E-state index >= 15 is 0 Å². The van der Waals surface area contributed by atoms with Gasteiger partial charge in [-0.2, -0.15) is 0 Å². The molecule has 10 heteroatoms. The Kier molecular flexibility index (Phi) is 7.69. The summed E-state index contributed by atoms with van der Waals surface area (Å²) in [6.07, 6.45) is 0.854. The molecule has 3 aromatic carbocycles. The Balaban J connectivity index is 1.44. The molecule has 0 bridgehead atoms. The van der Waals surface area contributed by atoms with Crippen molar-refractivity contribution >= 4 is 47.5 Å². The number of amides is 1. The van der Waals surface area contributed by atoms with Crippen molar-refractivity contribution in [3.8, 4) is 0 Å². The summed E-state index contributed by atoms with van der Waals surface area (Å²) in [6.45, 7) is 13.0. The third-order valence-electron chi connectivity index (χ3n) is 9.40. The van der Waals surface area contributed by atoms with E-state index < -0.39 is 31.9 Å². The fraction of sp³-hybridized carbons (Fsp3) is 0.424. The molecule has 43 heavy (non-hydrogen) atoms. The minimum atomic E-state index is -2.15. The molecule has 3 heterocycles. The molecule has 1 N–H and O–H groups in total. The molecule has 1 aromatic heterocycles. The van der Waals surface area contributed by atoms with Gasteiger partial charge in [0.15, 0.2) is 8.32 Å². The molecule has 226 valence electrons. The highest BCUT2D eigenvalue weighted by atomic mass is 32.2. The molecule has 1 unspecified atom stereocenters. The van der Waals surface area contributed by atoms with Gasteiger partial charge in [-0.05, 0) is 52.7 Å². The van der Waals surface area contributed by atoms with Gasteiger partial charge in [0.25, 0.3) is 5.56 Å². The smallest absolute Gasteiger partial charge is 0.330 e. The Bertz CT molecular complexity index is 1770. The SMILES string of the molecule is Cc1cn([C@H]2C[C@H](N3C(=O)CSC3c3c4ccccc4cc4ccccc34)[C@@H](CO[Si](C)(C)C(C)(C)C)O2)c(=O)[nH]c1=O. The van der Waals surface area contributed by atoms with Gasteiger partial charge < -0.3 is 14.1 Å². The van der Waals surface area contributed by atoms with Crippen molar-refractivity contribution in [2.45, 2.75) is 76.0 Å². The summed E-state index contributed by atoms with van der Waals surface area (Å²) in [7, 11) is -2.15. The van der Waals surface area contributed by atoms with E-state index in [-0.39, 0.29) is 22.4 Å². The van der Waals surface area contributed by atoms with Gasteiger partial charge in [-0.3, -0.25) is 19.1 Å². The summed E-state index contributed by atoms with van der Waals surface area (Å²) in [5, 5.41) is 4.26. The van der Waals surface area contributed by atoms with E-state index in [1.807, 2.05) is 29.2 Å². The van der Waals surface area contributed by atoms with Gasteiger partial charge in [-0.25, -0.2) is 4.79 Å². The van der Waals surface area contributed by atoms with Crippen LogP contribution in [0.2, 0.25) is 18.1 Å². The number of ether oxygens (including phenoxy) is 1. The summed E-state index contributed by atoms with van der Waals surface area (Å²) < 4.78 is 14.7. The first-order valence-corrected chi connectivity index (χ1v) is 18.8. The standard InChI is InChI=1S/C33H39N3O5SSi/c1-20-17-35(32(39)34-30(20)38)28-16-25(26(41-28)18-40-43(5,6)33(2,3)4)36-27(37)19-42-31(36)29-23-13-9-7-11-21(23)15-22-12-8-10-14-24(22)29/h7-15,17,25-26,28,31H,16,18-19H2,1-6H3,(H,34,38,39)/t25-,26+,28+,31?/m0/s1. The number of thioether (sulfide) groups is 1. The number of hydrogen-bond acceptors (Lipinski definition) is 6. The Morgan fingerprint density at radius 3 is 2.28 bits per heavy atom. The highest BCUT2D eigenvalue weighted by Gasteiger charge is 2.49. The summed E-state index contributed by atoms with van der Waals surface area (Å²) in [5.41, 5.74) is 0.606. The normalized spacial score (nSPS) is 23.1. The van der Waals surface area contributed by atoms with Gasteiger partial charge in [0, 0.05) is 23.7 Å². The number of hydrogen-bond donors (Lipinski definition) is 1. The van der Waals surface area contributed by atoms with Crippen molar-refractivity contribution in [2.75, 3.05) is 12.4 Å². The first-order chi connectivity index (χ1) is 20.4. The van der Waals surface area contributed by atoms with Crippen LogP contribution in [0.25, 0.3) is 21.5 Å². The lowest BCUT2D eigenvalue weighted by atomic mass is 9.95. The second-order valence-corrected chi connectivity index (χ2v) is 19.1. The molecule has 2 fully saturated rings. The zero-order valence-electron chi connectivity index (χ0n) is 25.5. The van der Waals surface area contributed by atoms with E-state index in [0.29, 0.717) is 24.3 Å². The van der Waals surface area contributed by atoms with E-state index in [9.17, 15) is 14.4 Å². The van der Waals surface area contributed by atoms with Crippen LogP contribution in [0.15, 0.2) is 70.4 Å². The Hall–Kier alpha value is -3.18. The molecule has 0 aliphatic carbocycles. The summed E-state index contributed by atoms with van der Waals surface area (Å²) in [5.74, 6) is 0.403. The molecule has 4 atom stereocenters. The quantitative estimate of drug-likeness (QED) is 0.208. The summed E-state index contributed by atoms with van der Waals surface area (Å²) in [6, 6.07) is 18.5. The zero-order valence-corrected chi connectivity index (χ0v) is 27.4. The lowest BCUT2D eigenvalue weighted by Gasteiger charge is -2.39. The number of aryl methyl sites for hydroxylation is 1. The number of H-pyrrole nitrogens is 1. The van der Waals surface area contributed by atoms with Gasteiger partial charge in [-0.15, -0.1) is 11.8 Å².